The molecule has 0 radical (unpaired) electrons. The molecule has 1 amide bonds. The average Bonchev–Trinajstić information content (AvgIpc) is 2.75. The summed E-state index contributed by atoms with van der Waals surface area (Å²) in [5, 5.41) is 2.59. The molecule has 174 valence electrons. The Morgan fingerprint density at radius 1 is 1.03 bits per heavy atom. The number of halogens is 3. The molecule has 0 saturated carbocycles. The molecule has 0 aliphatic rings. The lowest BCUT2D eigenvalue weighted by molar-refractivity contribution is -0.145. The molecule has 6 nitrogen and oxygen atoms in total. The number of ether oxygens (including phenoxy) is 3. The third kappa shape index (κ3) is 8.22. The van der Waals surface area contributed by atoms with E-state index in [2.05, 4.69) is 5.32 Å². The molecule has 0 saturated heterocycles. The molecular formula is C23H26F3NO5. The number of benzene rings is 2. The van der Waals surface area contributed by atoms with Gasteiger partial charge in [-0.25, -0.2) is 4.79 Å². The van der Waals surface area contributed by atoms with Gasteiger partial charge in [0.1, 0.15) is 6.61 Å². The van der Waals surface area contributed by atoms with E-state index < -0.39 is 29.9 Å². The molecular weight excluding hydrogens is 427 g/mol. The summed E-state index contributed by atoms with van der Waals surface area (Å²) >= 11 is 0. The average molecular weight is 453 g/mol. The van der Waals surface area contributed by atoms with Gasteiger partial charge in [0, 0.05) is 6.54 Å². The van der Waals surface area contributed by atoms with Gasteiger partial charge in [0.05, 0.1) is 31.3 Å². The van der Waals surface area contributed by atoms with Crippen molar-refractivity contribution in [1.29, 1.82) is 0 Å². The summed E-state index contributed by atoms with van der Waals surface area (Å²) in [6, 6.07) is 11.6. The maximum Gasteiger partial charge on any atom is 0.416 e. The largest absolute Gasteiger partial charge is 0.469 e. The Kier molecular flexibility index (Phi) is 9.07. The Morgan fingerprint density at radius 3 is 2.31 bits per heavy atom. The molecule has 0 heterocycles. The molecule has 2 aromatic carbocycles. The van der Waals surface area contributed by atoms with Crippen LogP contribution in [0.4, 0.5) is 18.0 Å². The van der Waals surface area contributed by atoms with Crippen molar-refractivity contribution in [1.82, 2.24) is 5.32 Å². The van der Waals surface area contributed by atoms with E-state index in [1.165, 1.54) is 19.2 Å². The standard InChI is InChI=1S/C23H26F3NO5/c1-15(2)32-20(12-21(28)30-3)18-6-4-5-17(11-18)13-27-22(29)31-14-16-7-9-19(10-8-16)23(24,25)26/h4-11,15,20H,12-14H2,1-3H3,(H,27,29)/t20-/m0/s1. The maximum atomic E-state index is 12.6. The van der Waals surface area contributed by atoms with Crippen LogP contribution in [-0.2, 0) is 38.3 Å². The summed E-state index contributed by atoms with van der Waals surface area (Å²) in [4.78, 5) is 23.7. The fourth-order valence-corrected chi connectivity index (χ4v) is 2.88. The number of nitrogens with one attached hydrogen (secondary N) is 1. The highest BCUT2D eigenvalue weighted by molar-refractivity contribution is 5.70. The third-order valence-electron chi connectivity index (χ3n) is 4.43. The quantitative estimate of drug-likeness (QED) is 0.531. The van der Waals surface area contributed by atoms with Crippen molar-refractivity contribution in [2.75, 3.05) is 7.11 Å². The number of carbonyl (C=O) groups is 2. The SMILES string of the molecule is COC(=O)C[C@H](OC(C)C)c1cccc(CNC(=O)OCc2ccc(C(F)(F)F)cc2)c1. The van der Waals surface area contributed by atoms with Crippen molar-refractivity contribution in [2.24, 2.45) is 0 Å². The van der Waals surface area contributed by atoms with Crippen molar-refractivity contribution < 1.29 is 37.0 Å². The lowest BCUT2D eigenvalue weighted by atomic mass is 10.0. The first-order valence-electron chi connectivity index (χ1n) is 9.96. The van der Waals surface area contributed by atoms with Crippen LogP contribution in [0.25, 0.3) is 0 Å². The molecule has 0 bridgehead atoms. The second-order valence-electron chi connectivity index (χ2n) is 7.32. The van der Waals surface area contributed by atoms with Crippen LogP contribution >= 0.6 is 0 Å². The van der Waals surface area contributed by atoms with Crippen LogP contribution in [0.2, 0.25) is 0 Å². The molecule has 2 rings (SSSR count). The van der Waals surface area contributed by atoms with E-state index in [-0.39, 0.29) is 25.7 Å². The Balaban J connectivity index is 1.91. The van der Waals surface area contributed by atoms with Crippen LogP contribution < -0.4 is 5.32 Å². The maximum absolute atomic E-state index is 12.6. The van der Waals surface area contributed by atoms with Crippen LogP contribution in [0.15, 0.2) is 48.5 Å². The molecule has 0 fully saturated rings. The van der Waals surface area contributed by atoms with Gasteiger partial charge in [0.2, 0.25) is 0 Å². The van der Waals surface area contributed by atoms with Crippen molar-refractivity contribution >= 4 is 12.1 Å². The van der Waals surface area contributed by atoms with Gasteiger partial charge in [0.15, 0.2) is 0 Å². The number of hydrogen-bond donors (Lipinski definition) is 1. The van der Waals surface area contributed by atoms with E-state index in [9.17, 15) is 22.8 Å². The zero-order valence-electron chi connectivity index (χ0n) is 18.1. The van der Waals surface area contributed by atoms with E-state index in [4.69, 9.17) is 14.2 Å². The number of esters is 1. The second-order valence-corrected chi connectivity index (χ2v) is 7.32. The molecule has 0 spiro atoms. The summed E-state index contributed by atoms with van der Waals surface area (Å²) in [6.07, 6.45) is -5.66. The van der Waals surface area contributed by atoms with Crippen molar-refractivity contribution in [3.05, 3.63) is 70.8 Å². The monoisotopic (exact) mass is 453 g/mol. The Morgan fingerprint density at radius 2 is 1.72 bits per heavy atom. The summed E-state index contributed by atoms with van der Waals surface area (Å²) in [5.74, 6) is -0.397. The van der Waals surface area contributed by atoms with Crippen LogP contribution in [0.5, 0.6) is 0 Å². The summed E-state index contributed by atoms with van der Waals surface area (Å²) in [7, 11) is 1.31. The zero-order valence-corrected chi connectivity index (χ0v) is 18.1. The van der Waals surface area contributed by atoms with Crippen LogP contribution in [0, 0.1) is 0 Å². The first kappa shape index (κ1) is 25.2. The minimum atomic E-state index is -4.42. The molecule has 32 heavy (non-hydrogen) atoms. The van der Waals surface area contributed by atoms with Gasteiger partial charge in [-0.15, -0.1) is 0 Å². The Bertz CT molecular complexity index is 897. The normalized spacial score (nSPS) is 12.3. The molecule has 1 N–H and O–H groups in total. The van der Waals surface area contributed by atoms with Crippen LogP contribution in [0.1, 0.15) is 48.6 Å². The molecule has 9 heteroatoms. The van der Waals surface area contributed by atoms with Gasteiger partial charge in [-0.1, -0.05) is 36.4 Å². The molecule has 0 aromatic heterocycles. The van der Waals surface area contributed by atoms with Gasteiger partial charge < -0.3 is 19.5 Å². The third-order valence-corrected chi connectivity index (χ3v) is 4.43. The van der Waals surface area contributed by atoms with Gasteiger partial charge in [-0.05, 0) is 42.7 Å². The molecule has 0 unspecified atom stereocenters. The zero-order chi connectivity index (χ0) is 23.7. The fraction of sp³-hybridized carbons (Fsp3) is 0.391. The number of amides is 1. The number of carbonyl (C=O) groups excluding carboxylic acids is 2. The number of rotatable bonds is 9. The summed E-state index contributed by atoms with van der Waals surface area (Å²) in [6.45, 7) is 3.73. The minimum Gasteiger partial charge on any atom is -0.469 e. The van der Waals surface area contributed by atoms with E-state index in [1.54, 1.807) is 12.1 Å². The number of alkyl carbamates (subject to hydrolysis) is 1. The molecule has 2 aromatic rings. The predicted octanol–water partition coefficient (Wildman–Crippen LogP) is 5.16. The van der Waals surface area contributed by atoms with Gasteiger partial charge in [-0.2, -0.15) is 13.2 Å². The first-order valence-corrected chi connectivity index (χ1v) is 9.96. The molecule has 0 aliphatic carbocycles. The van der Waals surface area contributed by atoms with E-state index in [0.717, 1.165) is 23.3 Å². The van der Waals surface area contributed by atoms with E-state index in [0.29, 0.717) is 5.56 Å². The Labute approximate surface area is 184 Å². The Hall–Kier alpha value is -3.07. The highest BCUT2D eigenvalue weighted by atomic mass is 19.4. The summed E-state index contributed by atoms with van der Waals surface area (Å²) in [5.41, 5.74) is 1.20. The highest BCUT2D eigenvalue weighted by Crippen LogP contribution is 2.29. The van der Waals surface area contributed by atoms with Crippen molar-refractivity contribution in [3.63, 3.8) is 0 Å². The number of methoxy groups -OCH3 is 1. The second kappa shape index (κ2) is 11.5. The van der Waals surface area contributed by atoms with Gasteiger partial charge in [0.25, 0.3) is 0 Å². The predicted molar refractivity (Wildman–Crippen MR) is 111 cm³/mol. The van der Waals surface area contributed by atoms with Crippen LogP contribution in [-0.4, -0.2) is 25.3 Å². The fourth-order valence-electron chi connectivity index (χ4n) is 2.88. The number of alkyl halides is 3. The van der Waals surface area contributed by atoms with Crippen molar-refractivity contribution in [3.8, 4) is 0 Å². The highest BCUT2D eigenvalue weighted by Gasteiger charge is 2.29. The smallest absolute Gasteiger partial charge is 0.416 e. The van der Waals surface area contributed by atoms with E-state index in [1.807, 2.05) is 26.0 Å². The van der Waals surface area contributed by atoms with Crippen LogP contribution in [0.3, 0.4) is 0 Å². The minimum absolute atomic E-state index is 0.0563. The van der Waals surface area contributed by atoms with Crippen molar-refractivity contribution in [2.45, 2.75) is 51.8 Å². The lowest BCUT2D eigenvalue weighted by Crippen LogP contribution is -2.24. The first-order chi connectivity index (χ1) is 15.1. The summed E-state index contributed by atoms with van der Waals surface area (Å²) < 4.78 is 53.4. The molecule has 1 atom stereocenters. The van der Waals surface area contributed by atoms with Gasteiger partial charge in [-0.3, -0.25) is 4.79 Å². The molecule has 0 aliphatic heterocycles. The van der Waals surface area contributed by atoms with Gasteiger partial charge >= 0.3 is 18.2 Å². The topological polar surface area (TPSA) is 73.9 Å². The van der Waals surface area contributed by atoms with E-state index >= 15 is 0 Å². The number of hydrogen-bond acceptors (Lipinski definition) is 5. The lowest BCUT2D eigenvalue weighted by Gasteiger charge is -2.20.